The molecular formula is C30H41N7O2. The molecule has 0 bridgehead atoms. The highest BCUT2D eigenvalue weighted by Gasteiger charge is 2.27. The molecule has 39 heavy (non-hydrogen) atoms. The van der Waals surface area contributed by atoms with Crippen LogP contribution in [-0.2, 0) is 4.79 Å². The average Bonchev–Trinajstić information content (AvgIpc) is 3.38. The van der Waals surface area contributed by atoms with Crippen molar-refractivity contribution in [3.63, 3.8) is 0 Å². The van der Waals surface area contributed by atoms with Crippen LogP contribution in [0.3, 0.4) is 0 Å². The van der Waals surface area contributed by atoms with Crippen molar-refractivity contribution in [3.05, 3.63) is 53.5 Å². The van der Waals surface area contributed by atoms with E-state index in [-0.39, 0.29) is 11.6 Å². The van der Waals surface area contributed by atoms with E-state index in [1.807, 2.05) is 0 Å². The van der Waals surface area contributed by atoms with Gasteiger partial charge in [0.25, 0.3) is 5.91 Å². The lowest BCUT2D eigenvalue weighted by molar-refractivity contribution is -0.118. The van der Waals surface area contributed by atoms with E-state index in [4.69, 9.17) is 10.7 Å². The van der Waals surface area contributed by atoms with Crippen LogP contribution in [0.2, 0.25) is 0 Å². The lowest BCUT2D eigenvalue weighted by Crippen LogP contribution is -2.39. The van der Waals surface area contributed by atoms with Gasteiger partial charge in [0.1, 0.15) is 5.82 Å². The minimum Gasteiger partial charge on any atom is -0.364 e. The van der Waals surface area contributed by atoms with E-state index < -0.39 is 5.91 Å². The Kier molecular flexibility index (Phi) is 8.76. The molecular weight excluding hydrogens is 490 g/mol. The number of carbonyl (C=O) groups is 2. The third kappa shape index (κ3) is 6.95. The van der Waals surface area contributed by atoms with Gasteiger partial charge in [-0.05, 0) is 87.2 Å². The van der Waals surface area contributed by atoms with E-state index in [0.29, 0.717) is 24.1 Å². The van der Waals surface area contributed by atoms with Crippen LogP contribution in [0.1, 0.15) is 86.7 Å². The molecule has 0 spiro atoms. The molecule has 3 heterocycles. The summed E-state index contributed by atoms with van der Waals surface area (Å²) in [5.41, 5.74) is 9.10. The summed E-state index contributed by atoms with van der Waals surface area (Å²) >= 11 is 0. The number of piperidine rings is 1. The molecule has 4 N–H and O–H groups in total. The molecule has 2 aliphatic heterocycles. The zero-order chi connectivity index (χ0) is 27.2. The quantitative estimate of drug-likeness (QED) is 0.483. The molecule has 3 fully saturated rings. The van der Waals surface area contributed by atoms with Crippen molar-refractivity contribution in [1.82, 2.24) is 20.2 Å². The molecule has 1 saturated carbocycles. The first-order valence-corrected chi connectivity index (χ1v) is 14.4. The molecule has 9 nitrogen and oxygen atoms in total. The van der Waals surface area contributed by atoms with Gasteiger partial charge in [-0.15, -0.1) is 0 Å². The Morgan fingerprint density at radius 3 is 2.44 bits per heavy atom. The summed E-state index contributed by atoms with van der Waals surface area (Å²) in [6, 6.07) is 9.29. The van der Waals surface area contributed by atoms with Gasteiger partial charge in [-0.2, -0.15) is 0 Å². The number of benzene rings is 1. The van der Waals surface area contributed by atoms with Crippen molar-refractivity contribution < 1.29 is 9.59 Å². The molecule has 5 rings (SSSR count). The fraction of sp³-hybridized carbons (Fsp3) is 0.533. The molecule has 1 aromatic heterocycles. The van der Waals surface area contributed by atoms with Gasteiger partial charge in [-0.1, -0.05) is 25.0 Å². The monoisotopic (exact) mass is 531 g/mol. The van der Waals surface area contributed by atoms with E-state index in [9.17, 15) is 9.59 Å². The minimum absolute atomic E-state index is 0.0871. The maximum absolute atomic E-state index is 12.2. The Morgan fingerprint density at radius 2 is 1.74 bits per heavy atom. The third-order valence-corrected chi connectivity index (χ3v) is 8.38. The predicted molar refractivity (Wildman–Crippen MR) is 154 cm³/mol. The molecule has 0 radical (unpaired) electrons. The van der Waals surface area contributed by atoms with Gasteiger partial charge in [-0.3, -0.25) is 9.59 Å². The summed E-state index contributed by atoms with van der Waals surface area (Å²) in [6.45, 7) is 5.34. The Balaban J connectivity index is 1.27. The number of anilines is 3. The van der Waals surface area contributed by atoms with E-state index in [0.717, 1.165) is 43.1 Å². The number of rotatable bonds is 7. The number of carbonyl (C=O) groups excluding carboxylic acids is 2. The Morgan fingerprint density at radius 1 is 1.00 bits per heavy atom. The SMILES string of the molecule is CC(=O)N/C=C1/CCCCN(c2cnc(C(N)=O)c(Nc3ccc(C4CCN(C5CCCC5)CC4)cc3)n2)C1. The summed E-state index contributed by atoms with van der Waals surface area (Å²) in [5, 5.41) is 6.08. The Labute approximate surface area is 231 Å². The van der Waals surface area contributed by atoms with Crippen molar-refractivity contribution in [3.8, 4) is 0 Å². The van der Waals surface area contributed by atoms with Gasteiger partial charge in [0.15, 0.2) is 11.5 Å². The zero-order valence-corrected chi connectivity index (χ0v) is 23.0. The number of aromatic nitrogens is 2. The summed E-state index contributed by atoms with van der Waals surface area (Å²) in [7, 11) is 0. The first kappa shape index (κ1) is 27.1. The normalized spacial score (nSPS) is 20.6. The summed E-state index contributed by atoms with van der Waals surface area (Å²) in [5.74, 6) is 0.905. The number of hydrogen-bond donors (Lipinski definition) is 3. The number of nitrogens with one attached hydrogen (secondary N) is 2. The lowest BCUT2D eigenvalue weighted by Gasteiger charge is -2.36. The van der Waals surface area contributed by atoms with Gasteiger partial charge in [0, 0.05) is 37.9 Å². The summed E-state index contributed by atoms with van der Waals surface area (Å²) < 4.78 is 0. The number of primary amides is 1. The standard InChI is InChI=1S/C30H41N7O2/c1-21(38)32-18-22-6-4-5-15-37(20-22)27-19-33-28(29(31)39)30(35-27)34-25-11-9-23(10-12-25)24-13-16-36(17-14-24)26-7-2-3-8-26/h9-12,18-19,24,26H,2-8,13-17,20H2,1H3,(H2,31,39)(H,32,38)(H,34,35)/b22-18-. The van der Waals surface area contributed by atoms with E-state index in [1.54, 1.807) is 12.4 Å². The van der Waals surface area contributed by atoms with Crippen LogP contribution in [0.25, 0.3) is 0 Å². The van der Waals surface area contributed by atoms with Gasteiger partial charge < -0.3 is 26.2 Å². The first-order valence-electron chi connectivity index (χ1n) is 14.4. The third-order valence-electron chi connectivity index (χ3n) is 8.38. The molecule has 0 atom stereocenters. The molecule has 1 aromatic carbocycles. The molecule has 1 aliphatic carbocycles. The molecule has 9 heteroatoms. The second-order valence-electron chi connectivity index (χ2n) is 11.2. The molecule has 3 aliphatic rings. The van der Waals surface area contributed by atoms with Crippen LogP contribution >= 0.6 is 0 Å². The Hall–Kier alpha value is -3.46. The molecule has 2 aromatic rings. The molecule has 2 amide bonds. The largest absolute Gasteiger partial charge is 0.364 e. The van der Waals surface area contributed by atoms with Crippen LogP contribution in [-0.4, -0.2) is 58.9 Å². The van der Waals surface area contributed by atoms with Gasteiger partial charge in [0.05, 0.1) is 6.20 Å². The molecule has 0 unspecified atom stereocenters. The van der Waals surface area contributed by atoms with Gasteiger partial charge in [0.2, 0.25) is 5.91 Å². The van der Waals surface area contributed by atoms with Crippen molar-refractivity contribution in [1.29, 1.82) is 0 Å². The Bertz CT molecular complexity index is 1180. The highest BCUT2D eigenvalue weighted by molar-refractivity contribution is 5.96. The van der Waals surface area contributed by atoms with Crippen LogP contribution in [0.15, 0.2) is 42.2 Å². The topological polar surface area (TPSA) is 116 Å². The van der Waals surface area contributed by atoms with Crippen LogP contribution < -0.4 is 21.3 Å². The number of likely N-dealkylation sites (tertiary alicyclic amines) is 1. The number of nitrogens with two attached hydrogens (primary N) is 1. The minimum atomic E-state index is -0.621. The first-order chi connectivity index (χ1) is 19.0. The van der Waals surface area contributed by atoms with Gasteiger partial charge >= 0.3 is 0 Å². The fourth-order valence-electron chi connectivity index (χ4n) is 6.22. The highest BCUT2D eigenvalue weighted by atomic mass is 16.1. The van der Waals surface area contributed by atoms with E-state index in [2.05, 4.69) is 49.7 Å². The highest BCUT2D eigenvalue weighted by Crippen LogP contribution is 2.33. The van der Waals surface area contributed by atoms with Crippen LogP contribution in [0.4, 0.5) is 17.3 Å². The van der Waals surface area contributed by atoms with Crippen molar-refractivity contribution in [2.45, 2.75) is 76.7 Å². The summed E-state index contributed by atoms with van der Waals surface area (Å²) in [4.78, 5) is 37.5. The molecule has 208 valence electrons. The maximum atomic E-state index is 12.2. The molecule has 2 saturated heterocycles. The van der Waals surface area contributed by atoms with E-state index >= 15 is 0 Å². The van der Waals surface area contributed by atoms with Crippen molar-refractivity contribution in [2.24, 2.45) is 5.73 Å². The lowest BCUT2D eigenvalue weighted by atomic mass is 9.88. The van der Waals surface area contributed by atoms with Gasteiger partial charge in [-0.25, -0.2) is 9.97 Å². The van der Waals surface area contributed by atoms with E-state index in [1.165, 1.54) is 64.1 Å². The smallest absolute Gasteiger partial charge is 0.271 e. The van der Waals surface area contributed by atoms with Crippen LogP contribution in [0, 0.1) is 0 Å². The zero-order valence-electron chi connectivity index (χ0n) is 23.0. The predicted octanol–water partition coefficient (Wildman–Crippen LogP) is 4.45. The second kappa shape index (κ2) is 12.6. The number of hydrogen-bond acceptors (Lipinski definition) is 7. The van der Waals surface area contributed by atoms with Crippen LogP contribution in [0.5, 0.6) is 0 Å². The van der Waals surface area contributed by atoms with Crippen molar-refractivity contribution >= 4 is 29.1 Å². The summed E-state index contributed by atoms with van der Waals surface area (Å²) in [6.07, 6.45) is 14.3. The second-order valence-corrected chi connectivity index (χ2v) is 11.2. The number of nitrogens with zero attached hydrogens (tertiary/aromatic N) is 4. The maximum Gasteiger partial charge on any atom is 0.271 e. The fourth-order valence-corrected chi connectivity index (χ4v) is 6.22. The number of amides is 2. The van der Waals surface area contributed by atoms with Crippen molar-refractivity contribution in [2.75, 3.05) is 36.4 Å². The average molecular weight is 532 g/mol.